The summed E-state index contributed by atoms with van der Waals surface area (Å²) in [6.07, 6.45) is 1.18. The Kier molecular flexibility index (Phi) is 6.84. The van der Waals surface area contributed by atoms with Crippen LogP contribution in [0.3, 0.4) is 0 Å². The highest BCUT2D eigenvalue weighted by molar-refractivity contribution is 9.10. The lowest BCUT2D eigenvalue weighted by Crippen LogP contribution is -2.19. The first-order valence-corrected chi connectivity index (χ1v) is 8.66. The van der Waals surface area contributed by atoms with Gasteiger partial charge in [-0.1, -0.05) is 6.92 Å². The topological polar surface area (TPSA) is 58.2 Å². The highest BCUT2D eigenvalue weighted by Crippen LogP contribution is 2.24. The summed E-state index contributed by atoms with van der Waals surface area (Å²) in [6.45, 7) is 3.54. The quantitative estimate of drug-likeness (QED) is 0.546. The summed E-state index contributed by atoms with van der Waals surface area (Å²) >= 11 is 2.88. The maximum Gasteiger partial charge on any atom is 0.232 e. The highest BCUT2D eigenvalue weighted by atomic mass is 79.9. The number of rotatable bonds is 8. The van der Waals surface area contributed by atoms with Crippen molar-refractivity contribution in [3.05, 3.63) is 28.2 Å². The van der Waals surface area contributed by atoms with Crippen molar-refractivity contribution >= 4 is 31.6 Å². The summed E-state index contributed by atoms with van der Waals surface area (Å²) in [6, 6.07) is 1.70. The van der Waals surface area contributed by atoms with Gasteiger partial charge in [0.25, 0.3) is 0 Å². The van der Waals surface area contributed by atoms with Crippen LogP contribution in [0.2, 0.25) is 0 Å². The maximum absolute atomic E-state index is 13.5. The fourth-order valence-corrected chi connectivity index (χ4v) is 3.06. The molecule has 8 heteroatoms. The van der Waals surface area contributed by atoms with Crippen molar-refractivity contribution in [1.82, 2.24) is 5.32 Å². The van der Waals surface area contributed by atoms with Gasteiger partial charge in [-0.25, -0.2) is 17.2 Å². The number of benzene rings is 1. The van der Waals surface area contributed by atoms with Gasteiger partial charge in [0.1, 0.15) is 11.6 Å². The molecule has 0 unspecified atom stereocenters. The highest BCUT2D eigenvalue weighted by Gasteiger charge is 2.15. The van der Waals surface area contributed by atoms with Crippen LogP contribution in [-0.4, -0.2) is 27.3 Å². The molecule has 0 saturated heterocycles. The Labute approximate surface area is 126 Å². The molecular weight excluding hydrogens is 354 g/mol. The summed E-state index contributed by atoms with van der Waals surface area (Å²) in [5.41, 5.74) is -0.259. The van der Waals surface area contributed by atoms with Crippen LogP contribution in [0.25, 0.3) is 0 Å². The Balaban J connectivity index is 2.60. The molecule has 0 fully saturated rings. The molecule has 0 spiro atoms. The first kappa shape index (κ1) is 17.3. The minimum absolute atomic E-state index is 0.00347. The fraction of sp³-hybridized carbons (Fsp3) is 0.500. The van der Waals surface area contributed by atoms with Gasteiger partial charge in [-0.05, 0) is 47.9 Å². The number of nitrogens with one attached hydrogen (secondary N) is 2. The SMILES string of the molecule is CCNCCCCS(=O)(=O)Nc1cc(Br)c(F)cc1F. The van der Waals surface area contributed by atoms with Crippen molar-refractivity contribution in [2.45, 2.75) is 19.8 Å². The van der Waals surface area contributed by atoms with Crippen LogP contribution in [-0.2, 0) is 10.0 Å². The minimum atomic E-state index is -3.63. The fourth-order valence-electron chi connectivity index (χ4n) is 1.54. The van der Waals surface area contributed by atoms with Gasteiger partial charge in [0, 0.05) is 6.07 Å². The molecule has 0 heterocycles. The minimum Gasteiger partial charge on any atom is -0.317 e. The van der Waals surface area contributed by atoms with E-state index in [4.69, 9.17) is 0 Å². The van der Waals surface area contributed by atoms with Gasteiger partial charge in [-0.2, -0.15) is 0 Å². The Morgan fingerprint density at radius 1 is 1.20 bits per heavy atom. The van der Waals surface area contributed by atoms with Crippen LogP contribution in [0.1, 0.15) is 19.8 Å². The van der Waals surface area contributed by atoms with Gasteiger partial charge < -0.3 is 5.32 Å². The Morgan fingerprint density at radius 3 is 2.55 bits per heavy atom. The van der Waals surface area contributed by atoms with Gasteiger partial charge in [-0.3, -0.25) is 4.72 Å². The first-order valence-electron chi connectivity index (χ1n) is 6.21. The molecule has 0 amide bonds. The molecule has 0 aliphatic heterocycles. The van der Waals surface area contributed by atoms with Crippen molar-refractivity contribution in [2.24, 2.45) is 0 Å². The third kappa shape index (κ3) is 5.72. The lowest BCUT2D eigenvalue weighted by atomic mass is 10.3. The van der Waals surface area contributed by atoms with Crippen molar-refractivity contribution in [3.63, 3.8) is 0 Å². The van der Waals surface area contributed by atoms with Crippen molar-refractivity contribution in [3.8, 4) is 0 Å². The molecule has 0 atom stereocenters. The van der Waals surface area contributed by atoms with E-state index in [-0.39, 0.29) is 15.9 Å². The van der Waals surface area contributed by atoms with Gasteiger partial charge >= 0.3 is 0 Å². The van der Waals surface area contributed by atoms with E-state index in [1.165, 1.54) is 0 Å². The van der Waals surface area contributed by atoms with Crippen LogP contribution in [0.5, 0.6) is 0 Å². The molecule has 114 valence electrons. The zero-order valence-electron chi connectivity index (χ0n) is 11.0. The van der Waals surface area contributed by atoms with Crippen LogP contribution < -0.4 is 10.0 Å². The summed E-state index contributed by atoms with van der Waals surface area (Å²) < 4.78 is 52.2. The molecule has 1 aromatic rings. The summed E-state index contributed by atoms with van der Waals surface area (Å²) in [4.78, 5) is 0. The molecule has 0 saturated carbocycles. The molecule has 20 heavy (non-hydrogen) atoms. The standard InChI is InChI=1S/C12H17BrF2N2O2S/c1-2-16-5-3-4-6-20(18,19)17-12-7-9(13)10(14)8-11(12)15/h7-8,16-17H,2-6H2,1H3. The van der Waals surface area contributed by atoms with Crippen LogP contribution in [0, 0.1) is 11.6 Å². The predicted molar refractivity (Wildman–Crippen MR) is 79.2 cm³/mol. The average molecular weight is 371 g/mol. The second-order valence-electron chi connectivity index (χ2n) is 4.23. The van der Waals surface area contributed by atoms with Gasteiger partial charge in [0.2, 0.25) is 10.0 Å². The molecule has 4 nitrogen and oxygen atoms in total. The van der Waals surface area contributed by atoms with Crippen LogP contribution in [0.15, 0.2) is 16.6 Å². The predicted octanol–water partition coefficient (Wildman–Crippen LogP) is 2.86. The molecule has 2 N–H and O–H groups in total. The Bertz CT molecular complexity index is 553. The van der Waals surface area contributed by atoms with E-state index in [1.807, 2.05) is 6.92 Å². The molecule has 0 aliphatic carbocycles. The molecular formula is C12H17BrF2N2O2S. The number of unbranched alkanes of at least 4 members (excludes halogenated alkanes) is 1. The number of sulfonamides is 1. The Morgan fingerprint density at radius 2 is 1.90 bits per heavy atom. The van der Waals surface area contributed by atoms with E-state index < -0.39 is 21.7 Å². The van der Waals surface area contributed by atoms with E-state index in [0.29, 0.717) is 18.9 Å². The number of anilines is 1. The zero-order valence-corrected chi connectivity index (χ0v) is 13.5. The van der Waals surface area contributed by atoms with Crippen LogP contribution in [0.4, 0.5) is 14.5 Å². The summed E-state index contributed by atoms with van der Waals surface area (Å²) in [7, 11) is -3.63. The van der Waals surface area contributed by atoms with E-state index >= 15 is 0 Å². The monoisotopic (exact) mass is 370 g/mol. The molecule has 0 aromatic heterocycles. The van der Waals surface area contributed by atoms with Crippen molar-refractivity contribution in [1.29, 1.82) is 0 Å². The molecule has 0 bridgehead atoms. The van der Waals surface area contributed by atoms with E-state index in [0.717, 1.165) is 19.2 Å². The molecule has 1 aromatic carbocycles. The second-order valence-corrected chi connectivity index (χ2v) is 6.92. The van der Waals surface area contributed by atoms with E-state index in [2.05, 4.69) is 26.0 Å². The number of hydrogen-bond donors (Lipinski definition) is 2. The lowest BCUT2D eigenvalue weighted by Gasteiger charge is -2.10. The largest absolute Gasteiger partial charge is 0.317 e. The summed E-state index contributed by atoms with van der Waals surface area (Å²) in [5, 5.41) is 3.08. The average Bonchev–Trinajstić information content (AvgIpc) is 2.35. The van der Waals surface area contributed by atoms with E-state index in [1.54, 1.807) is 0 Å². The number of hydrogen-bond acceptors (Lipinski definition) is 3. The molecule has 1 rings (SSSR count). The van der Waals surface area contributed by atoms with Crippen LogP contribution >= 0.6 is 15.9 Å². The second kappa shape index (κ2) is 7.90. The van der Waals surface area contributed by atoms with Gasteiger partial charge in [-0.15, -0.1) is 0 Å². The van der Waals surface area contributed by atoms with Gasteiger partial charge in [0.05, 0.1) is 15.9 Å². The van der Waals surface area contributed by atoms with E-state index in [9.17, 15) is 17.2 Å². The normalized spacial score (nSPS) is 11.6. The summed E-state index contributed by atoms with van der Waals surface area (Å²) in [5.74, 6) is -1.83. The smallest absolute Gasteiger partial charge is 0.232 e. The van der Waals surface area contributed by atoms with Crippen molar-refractivity contribution in [2.75, 3.05) is 23.6 Å². The van der Waals surface area contributed by atoms with Crippen molar-refractivity contribution < 1.29 is 17.2 Å². The lowest BCUT2D eigenvalue weighted by molar-refractivity contribution is 0.578. The molecule has 0 aliphatic rings. The zero-order chi connectivity index (χ0) is 15.2. The third-order valence-electron chi connectivity index (χ3n) is 2.54. The number of halogens is 3. The molecule has 0 radical (unpaired) electrons. The Hall–Kier alpha value is -0.730. The third-order valence-corrected chi connectivity index (χ3v) is 4.51. The first-order chi connectivity index (χ1) is 9.35. The maximum atomic E-state index is 13.5. The van der Waals surface area contributed by atoms with Gasteiger partial charge in [0.15, 0.2) is 0 Å².